The van der Waals surface area contributed by atoms with Crippen molar-refractivity contribution in [3.63, 3.8) is 0 Å². The lowest BCUT2D eigenvalue weighted by atomic mass is 10.5. The van der Waals surface area contributed by atoms with E-state index in [1.54, 1.807) is 4.90 Å². The van der Waals surface area contributed by atoms with Crippen molar-refractivity contribution in [2.45, 2.75) is 13.8 Å². The Labute approximate surface area is 62.0 Å². The van der Waals surface area contributed by atoms with Crippen LogP contribution in [0.5, 0.6) is 0 Å². The molecule has 0 radical (unpaired) electrons. The number of ether oxygens (including phenoxy) is 1. The average molecular weight is 145 g/mol. The van der Waals surface area contributed by atoms with Crippen LogP contribution in [0.25, 0.3) is 0 Å². The fourth-order valence-electron chi connectivity index (χ4n) is 0.611. The Bertz CT molecular complexity index is 85.7. The summed E-state index contributed by atoms with van der Waals surface area (Å²) in [6.45, 7) is 6.71. The summed E-state index contributed by atoms with van der Waals surface area (Å²) in [4.78, 5) is 11.9. The first-order valence-electron chi connectivity index (χ1n) is 3.62. The standard InChI is InChI=1S/C7H15NO2/c1-3-8(7-9)5-6-10-4-2/h7H,3-6H2,1-2H3. The zero-order chi connectivity index (χ0) is 7.82. The minimum Gasteiger partial charge on any atom is -0.380 e. The number of hydrogen-bond donors (Lipinski definition) is 0. The number of carbonyl (C=O) groups is 1. The molecule has 3 nitrogen and oxygen atoms in total. The summed E-state index contributed by atoms with van der Waals surface area (Å²) in [5.41, 5.74) is 0. The molecule has 0 bridgehead atoms. The van der Waals surface area contributed by atoms with Crippen LogP contribution in [-0.4, -0.2) is 37.6 Å². The molecule has 0 unspecified atom stereocenters. The molecule has 0 saturated heterocycles. The summed E-state index contributed by atoms with van der Waals surface area (Å²) in [5.74, 6) is 0. The van der Waals surface area contributed by atoms with Crippen LogP contribution in [0.1, 0.15) is 13.8 Å². The molecule has 0 rings (SSSR count). The maximum atomic E-state index is 10.2. The van der Waals surface area contributed by atoms with E-state index >= 15 is 0 Å². The first-order chi connectivity index (χ1) is 4.85. The minimum absolute atomic E-state index is 0.642. The largest absolute Gasteiger partial charge is 0.380 e. The van der Waals surface area contributed by atoms with Gasteiger partial charge < -0.3 is 9.64 Å². The van der Waals surface area contributed by atoms with E-state index in [4.69, 9.17) is 4.74 Å². The number of amides is 1. The molecule has 3 heteroatoms. The van der Waals surface area contributed by atoms with Gasteiger partial charge in [0, 0.05) is 19.7 Å². The van der Waals surface area contributed by atoms with Gasteiger partial charge in [0.15, 0.2) is 0 Å². The van der Waals surface area contributed by atoms with Gasteiger partial charge in [-0.3, -0.25) is 4.79 Å². The van der Waals surface area contributed by atoms with Crippen LogP contribution in [0, 0.1) is 0 Å². The molecule has 60 valence electrons. The van der Waals surface area contributed by atoms with Crippen LogP contribution >= 0.6 is 0 Å². The second-order valence-corrected chi connectivity index (χ2v) is 1.93. The summed E-state index contributed by atoms with van der Waals surface area (Å²) in [5, 5.41) is 0. The van der Waals surface area contributed by atoms with Crippen LogP contribution in [0.4, 0.5) is 0 Å². The van der Waals surface area contributed by atoms with Gasteiger partial charge in [0.1, 0.15) is 0 Å². The number of carbonyl (C=O) groups excluding carboxylic acids is 1. The molecule has 0 spiro atoms. The molecule has 0 N–H and O–H groups in total. The van der Waals surface area contributed by atoms with Gasteiger partial charge in [0.05, 0.1) is 6.61 Å². The Morgan fingerprint density at radius 2 is 2.20 bits per heavy atom. The number of likely N-dealkylation sites (N-methyl/N-ethyl adjacent to an activating group) is 1. The molecule has 0 atom stereocenters. The first kappa shape index (κ1) is 9.43. The van der Waals surface area contributed by atoms with Crippen molar-refractivity contribution >= 4 is 6.41 Å². The molecular formula is C7H15NO2. The highest BCUT2D eigenvalue weighted by molar-refractivity contribution is 5.46. The highest BCUT2D eigenvalue weighted by Crippen LogP contribution is 1.81. The third-order valence-electron chi connectivity index (χ3n) is 1.28. The Hall–Kier alpha value is -0.570. The maximum absolute atomic E-state index is 10.2. The van der Waals surface area contributed by atoms with E-state index in [2.05, 4.69) is 0 Å². The summed E-state index contributed by atoms with van der Waals surface area (Å²) < 4.78 is 5.07. The van der Waals surface area contributed by atoms with Gasteiger partial charge >= 0.3 is 0 Å². The van der Waals surface area contributed by atoms with E-state index in [0.29, 0.717) is 13.2 Å². The first-order valence-corrected chi connectivity index (χ1v) is 3.62. The number of rotatable bonds is 6. The molecule has 0 aromatic rings. The van der Waals surface area contributed by atoms with E-state index in [9.17, 15) is 4.79 Å². The highest BCUT2D eigenvalue weighted by Gasteiger charge is 1.94. The highest BCUT2D eigenvalue weighted by atomic mass is 16.5. The minimum atomic E-state index is 0.642. The fourth-order valence-corrected chi connectivity index (χ4v) is 0.611. The van der Waals surface area contributed by atoms with E-state index in [1.807, 2.05) is 13.8 Å². The van der Waals surface area contributed by atoms with E-state index in [0.717, 1.165) is 19.6 Å². The monoisotopic (exact) mass is 145 g/mol. The third kappa shape index (κ3) is 4.32. The SMILES string of the molecule is CCOCCN(C=O)CC. The average Bonchev–Trinajstić information content (AvgIpc) is 1.99. The number of nitrogens with zero attached hydrogens (tertiary/aromatic N) is 1. The molecule has 10 heavy (non-hydrogen) atoms. The summed E-state index contributed by atoms with van der Waals surface area (Å²) in [6, 6.07) is 0. The summed E-state index contributed by atoms with van der Waals surface area (Å²) in [7, 11) is 0. The summed E-state index contributed by atoms with van der Waals surface area (Å²) in [6.07, 6.45) is 0.846. The molecule has 0 aliphatic heterocycles. The van der Waals surface area contributed by atoms with Gasteiger partial charge in [-0.1, -0.05) is 0 Å². The van der Waals surface area contributed by atoms with Crippen LogP contribution < -0.4 is 0 Å². The van der Waals surface area contributed by atoms with E-state index in [-0.39, 0.29) is 0 Å². The molecule has 0 fully saturated rings. The topological polar surface area (TPSA) is 29.5 Å². The van der Waals surface area contributed by atoms with Crippen molar-refractivity contribution in [1.29, 1.82) is 0 Å². The molecule has 0 aliphatic carbocycles. The van der Waals surface area contributed by atoms with Gasteiger partial charge in [0.2, 0.25) is 6.41 Å². The Morgan fingerprint density at radius 1 is 1.50 bits per heavy atom. The predicted molar refractivity (Wildman–Crippen MR) is 39.8 cm³/mol. The van der Waals surface area contributed by atoms with Crippen molar-refractivity contribution in [3.8, 4) is 0 Å². The zero-order valence-corrected chi connectivity index (χ0v) is 6.67. The van der Waals surface area contributed by atoms with Crippen molar-refractivity contribution in [2.24, 2.45) is 0 Å². The Morgan fingerprint density at radius 3 is 2.60 bits per heavy atom. The molecule has 0 saturated carbocycles. The lowest BCUT2D eigenvalue weighted by molar-refractivity contribution is -0.118. The molecule has 0 aliphatic rings. The molecule has 0 aromatic carbocycles. The van der Waals surface area contributed by atoms with Crippen molar-refractivity contribution in [3.05, 3.63) is 0 Å². The van der Waals surface area contributed by atoms with Crippen LogP contribution in [0.3, 0.4) is 0 Å². The fraction of sp³-hybridized carbons (Fsp3) is 0.857. The molecule has 0 aromatic heterocycles. The van der Waals surface area contributed by atoms with Crippen molar-refractivity contribution in [2.75, 3.05) is 26.3 Å². The Balaban J connectivity index is 3.17. The van der Waals surface area contributed by atoms with E-state index < -0.39 is 0 Å². The van der Waals surface area contributed by atoms with Gasteiger partial charge in [0.25, 0.3) is 0 Å². The smallest absolute Gasteiger partial charge is 0.209 e. The second-order valence-electron chi connectivity index (χ2n) is 1.93. The van der Waals surface area contributed by atoms with Gasteiger partial charge in [-0.05, 0) is 13.8 Å². The predicted octanol–water partition coefficient (Wildman–Crippen LogP) is 0.501. The van der Waals surface area contributed by atoms with Crippen LogP contribution in [-0.2, 0) is 9.53 Å². The zero-order valence-electron chi connectivity index (χ0n) is 6.67. The lowest BCUT2D eigenvalue weighted by Gasteiger charge is -2.13. The quantitative estimate of drug-likeness (QED) is 0.402. The number of hydrogen-bond acceptors (Lipinski definition) is 2. The molecule has 0 heterocycles. The molecular weight excluding hydrogens is 130 g/mol. The van der Waals surface area contributed by atoms with Crippen LogP contribution in [0.2, 0.25) is 0 Å². The van der Waals surface area contributed by atoms with Crippen molar-refractivity contribution in [1.82, 2.24) is 4.90 Å². The van der Waals surface area contributed by atoms with Crippen LogP contribution in [0.15, 0.2) is 0 Å². The second kappa shape index (κ2) is 6.55. The summed E-state index contributed by atoms with van der Waals surface area (Å²) >= 11 is 0. The Kier molecular flexibility index (Phi) is 6.18. The normalized spacial score (nSPS) is 9.40. The van der Waals surface area contributed by atoms with Gasteiger partial charge in [-0.15, -0.1) is 0 Å². The molecule has 1 amide bonds. The van der Waals surface area contributed by atoms with E-state index in [1.165, 1.54) is 0 Å². The van der Waals surface area contributed by atoms with Gasteiger partial charge in [-0.25, -0.2) is 0 Å². The lowest BCUT2D eigenvalue weighted by Crippen LogP contribution is -2.25. The third-order valence-corrected chi connectivity index (χ3v) is 1.28. The van der Waals surface area contributed by atoms with Crippen molar-refractivity contribution < 1.29 is 9.53 Å². The maximum Gasteiger partial charge on any atom is 0.209 e. The van der Waals surface area contributed by atoms with Gasteiger partial charge in [-0.2, -0.15) is 0 Å².